The second-order valence-electron chi connectivity index (χ2n) is 4.35. The molecular weight excluding hydrogens is 294 g/mol. The van der Waals surface area contributed by atoms with Crippen LogP contribution in [0.3, 0.4) is 0 Å². The van der Waals surface area contributed by atoms with E-state index < -0.39 is 0 Å². The molecule has 0 atom stereocenters. The van der Waals surface area contributed by atoms with Gasteiger partial charge in [-0.15, -0.1) is 0 Å². The summed E-state index contributed by atoms with van der Waals surface area (Å²) in [6.07, 6.45) is 0.967. The van der Waals surface area contributed by atoms with Gasteiger partial charge in [0.25, 0.3) is 5.91 Å². The van der Waals surface area contributed by atoms with Gasteiger partial charge in [-0.05, 0) is 18.6 Å². The smallest absolute Gasteiger partial charge is 0.251 e. The number of hydrogen-bond donors (Lipinski definition) is 2. The molecule has 0 aromatic carbocycles. The van der Waals surface area contributed by atoms with Crippen molar-refractivity contribution in [2.75, 3.05) is 45.3 Å². The molecule has 0 aliphatic rings. The molecule has 0 saturated heterocycles. The van der Waals surface area contributed by atoms with Gasteiger partial charge in [0.1, 0.15) is 11.0 Å². The normalized spacial score (nSPS) is 10.4. The molecule has 0 aliphatic carbocycles. The highest BCUT2D eigenvalue weighted by atomic mass is 35.5. The van der Waals surface area contributed by atoms with E-state index in [9.17, 15) is 4.79 Å². The summed E-state index contributed by atoms with van der Waals surface area (Å²) in [6.45, 7) is 4.75. The molecule has 118 valence electrons. The number of anilines is 1. The van der Waals surface area contributed by atoms with Crippen LogP contribution in [-0.4, -0.2) is 50.9 Å². The SMILES string of the molecule is CCCNc1cc(C(=O)NCCOCCOC)cc(Cl)n1. The Morgan fingerprint density at radius 2 is 2.10 bits per heavy atom. The van der Waals surface area contributed by atoms with Gasteiger partial charge >= 0.3 is 0 Å². The van der Waals surface area contributed by atoms with E-state index >= 15 is 0 Å². The highest BCUT2D eigenvalue weighted by Gasteiger charge is 2.08. The Hall–Kier alpha value is -1.37. The molecule has 0 unspecified atom stereocenters. The fourth-order valence-electron chi connectivity index (χ4n) is 1.55. The first-order valence-corrected chi connectivity index (χ1v) is 7.31. The molecule has 6 nitrogen and oxygen atoms in total. The van der Waals surface area contributed by atoms with Gasteiger partial charge in [-0.25, -0.2) is 4.98 Å². The van der Waals surface area contributed by atoms with Crippen molar-refractivity contribution in [3.8, 4) is 0 Å². The molecule has 7 heteroatoms. The van der Waals surface area contributed by atoms with E-state index in [1.54, 1.807) is 19.2 Å². The first-order chi connectivity index (χ1) is 10.2. The van der Waals surface area contributed by atoms with E-state index in [0.717, 1.165) is 13.0 Å². The Morgan fingerprint density at radius 1 is 1.29 bits per heavy atom. The Bertz CT molecular complexity index is 443. The quantitative estimate of drug-likeness (QED) is 0.510. The van der Waals surface area contributed by atoms with Crippen molar-refractivity contribution in [3.63, 3.8) is 0 Å². The molecule has 0 fully saturated rings. The molecule has 21 heavy (non-hydrogen) atoms. The molecule has 0 saturated carbocycles. The molecule has 0 spiro atoms. The van der Waals surface area contributed by atoms with Crippen LogP contribution in [0.1, 0.15) is 23.7 Å². The summed E-state index contributed by atoms with van der Waals surface area (Å²) in [6, 6.07) is 3.22. The summed E-state index contributed by atoms with van der Waals surface area (Å²) in [7, 11) is 1.61. The molecule has 1 aromatic heterocycles. The molecule has 1 heterocycles. The van der Waals surface area contributed by atoms with Crippen LogP contribution in [0.25, 0.3) is 0 Å². The lowest BCUT2D eigenvalue weighted by molar-refractivity contribution is 0.0692. The summed E-state index contributed by atoms with van der Waals surface area (Å²) in [4.78, 5) is 16.1. The molecule has 0 radical (unpaired) electrons. The van der Waals surface area contributed by atoms with Gasteiger partial charge in [0.15, 0.2) is 0 Å². The standard InChI is InChI=1S/C14H22ClN3O3/c1-3-4-16-13-10-11(9-12(15)18-13)14(19)17-5-6-21-8-7-20-2/h9-10H,3-8H2,1-2H3,(H,16,18)(H,17,19). The van der Waals surface area contributed by atoms with Gasteiger partial charge in [0.2, 0.25) is 0 Å². The summed E-state index contributed by atoms with van der Waals surface area (Å²) in [5.41, 5.74) is 0.477. The van der Waals surface area contributed by atoms with Crippen molar-refractivity contribution >= 4 is 23.3 Å². The lowest BCUT2D eigenvalue weighted by atomic mass is 10.2. The number of pyridine rings is 1. The highest BCUT2D eigenvalue weighted by Crippen LogP contribution is 2.14. The average molecular weight is 316 g/mol. The lowest BCUT2D eigenvalue weighted by Gasteiger charge is -2.09. The number of rotatable bonds is 10. The zero-order valence-corrected chi connectivity index (χ0v) is 13.2. The molecule has 1 rings (SSSR count). The maximum atomic E-state index is 12.0. The first kappa shape index (κ1) is 17.7. The number of hydrogen-bond acceptors (Lipinski definition) is 5. The minimum atomic E-state index is -0.200. The summed E-state index contributed by atoms with van der Waals surface area (Å²) < 4.78 is 10.1. The second-order valence-corrected chi connectivity index (χ2v) is 4.74. The third-order valence-electron chi connectivity index (χ3n) is 2.58. The van der Waals surface area contributed by atoms with E-state index in [0.29, 0.717) is 37.7 Å². The van der Waals surface area contributed by atoms with Crippen molar-refractivity contribution in [2.24, 2.45) is 0 Å². The highest BCUT2D eigenvalue weighted by molar-refractivity contribution is 6.29. The fourth-order valence-corrected chi connectivity index (χ4v) is 1.76. The third-order valence-corrected chi connectivity index (χ3v) is 2.77. The summed E-state index contributed by atoms with van der Waals surface area (Å²) in [5.74, 6) is 0.403. The Kier molecular flexibility index (Phi) is 8.73. The zero-order valence-electron chi connectivity index (χ0n) is 12.4. The summed E-state index contributed by atoms with van der Waals surface area (Å²) in [5, 5.41) is 6.16. The Labute approximate surface area is 130 Å². The number of ether oxygens (including phenoxy) is 2. The van der Waals surface area contributed by atoms with Crippen LogP contribution in [0.4, 0.5) is 5.82 Å². The van der Waals surface area contributed by atoms with Crippen LogP contribution >= 0.6 is 11.6 Å². The van der Waals surface area contributed by atoms with Crippen LogP contribution in [0.15, 0.2) is 12.1 Å². The second kappa shape index (κ2) is 10.4. The molecule has 1 aromatic rings. The lowest BCUT2D eigenvalue weighted by Crippen LogP contribution is -2.27. The van der Waals surface area contributed by atoms with Crippen molar-refractivity contribution in [1.82, 2.24) is 10.3 Å². The van der Waals surface area contributed by atoms with E-state index in [4.69, 9.17) is 21.1 Å². The maximum Gasteiger partial charge on any atom is 0.251 e. The van der Waals surface area contributed by atoms with Gasteiger partial charge < -0.3 is 20.1 Å². The topological polar surface area (TPSA) is 72.5 Å². The molecule has 2 N–H and O–H groups in total. The third kappa shape index (κ3) is 7.27. The fraction of sp³-hybridized carbons (Fsp3) is 0.571. The van der Waals surface area contributed by atoms with Gasteiger partial charge in [-0.2, -0.15) is 0 Å². The molecule has 1 amide bonds. The van der Waals surface area contributed by atoms with Crippen molar-refractivity contribution in [2.45, 2.75) is 13.3 Å². The number of halogens is 1. The van der Waals surface area contributed by atoms with Crippen LogP contribution in [0, 0.1) is 0 Å². The number of carbonyl (C=O) groups is 1. The van der Waals surface area contributed by atoms with Gasteiger partial charge in [0, 0.05) is 25.8 Å². The van der Waals surface area contributed by atoms with Crippen LogP contribution in [0.5, 0.6) is 0 Å². The van der Waals surface area contributed by atoms with Crippen LogP contribution in [0.2, 0.25) is 5.15 Å². The Morgan fingerprint density at radius 3 is 2.81 bits per heavy atom. The largest absolute Gasteiger partial charge is 0.382 e. The number of amides is 1. The van der Waals surface area contributed by atoms with Crippen LogP contribution < -0.4 is 10.6 Å². The van der Waals surface area contributed by atoms with Crippen molar-refractivity contribution < 1.29 is 14.3 Å². The van der Waals surface area contributed by atoms with Crippen LogP contribution in [-0.2, 0) is 9.47 Å². The van der Waals surface area contributed by atoms with E-state index in [2.05, 4.69) is 22.5 Å². The summed E-state index contributed by atoms with van der Waals surface area (Å²) >= 11 is 5.92. The molecular formula is C14H22ClN3O3. The van der Waals surface area contributed by atoms with Crippen molar-refractivity contribution in [1.29, 1.82) is 0 Å². The first-order valence-electron chi connectivity index (χ1n) is 6.93. The monoisotopic (exact) mass is 315 g/mol. The minimum absolute atomic E-state index is 0.200. The number of carbonyl (C=O) groups excluding carboxylic acids is 1. The number of aromatic nitrogens is 1. The number of methoxy groups -OCH3 is 1. The van der Waals surface area contributed by atoms with E-state index in [-0.39, 0.29) is 11.1 Å². The molecule has 0 bridgehead atoms. The van der Waals surface area contributed by atoms with Crippen molar-refractivity contribution in [3.05, 3.63) is 22.8 Å². The average Bonchev–Trinajstić information content (AvgIpc) is 2.48. The maximum absolute atomic E-state index is 12.0. The predicted molar refractivity (Wildman–Crippen MR) is 83.1 cm³/mol. The predicted octanol–water partition coefficient (Wildman–Crippen LogP) is 1.95. The minimum Gasteiger partial charge on any atom is -0.382 e. The van der Waals surface area contributed by atoms with Gasteiger partial charge in [-0.3, -0.25) is 4.79 Å². The van der Waals surface area contributed by atoms with Gasteiger partial charge in [-0.1, -0.05) is 18.5 Å². The Balaban J connectivity index is 2.44. The molecule has 0 aliphatic heterocycles. The zero-order chi connectivity index (χ0) is 15.5. The van der Waals surface area contributed by atoms with E-state index in [1.807, 2.05) is 0 Å². The van der Waals surface area contributed by atoms with Gasteiger partial charge in [0.05, 0.1) is 19.8 Å². The van der Waals surface area contributed by atoms with E-state index in [1.165, 1.54) is 0 Å². The number of nitrogens with zero attached hydrogens (tertiary/aromatic N) is 1. The number of nitrogens with one attached hydrogen (secondary N) is 2.